The summed E-state index contributed by atoms with van der Waals surface area (Å²) in [4.78, 5) is 21.0. The van der Waals surface area contributed by atoms with Gasteiger partial charge in [0.25, 0.3) is 0 Å². The molecule has 7 heteroatoms. The van der Waals surface area contributed by atoms with Gasteiger partial charge < -0.3 is 20.5 Å². The number of imidazole rings is 1. The third-order valence-corrected chi connectivity index (χ3v) is 6.11. The zero-order chi connectivity index (χ0) is 22.3. The van der Waals surface area contributed by atoms with Gasteiger partial charge in [0.1, 0.15) is 5.52 Å². The predicted octanol–water partition coefficient (Wildman–Crippen LogP) is 4.26. The van der Waals surface area contributed by atoms with Crippen LogP contribution in [0.5, 0.6) is 0 Å². The van der Waals surface area contributed by atoms with Crippen molar-refractivity contribution in [1.82, 2.24) is 19.9 Å². The summed E-state index contributed by atoms with van der Waals surface area (Å²) >= 11 is 0. The molecule has 1 aliphatic rings. The van der Waals surface area contributed by atoms with Gasteiger partial charge in [0, 0.05) is 31.9 Å². The van der Waals surface area contributed by atoms with Gasteiger partial charge in [-0.05, 0) is 28.2 Å². The average molecular weight is 428 g/mol. The molecule has 0 saturated heterocycles. The first-order valence-corrected chi connectivity index (χ1v) is 11.0. The van der Waals surface area contributed by atoms with E-state index in [0.717, 1.165) is 37.5 Å². The minimum atomic E-state index is 0.158. The predicted molar refractivity (Wildman–Crippen MR) is 130 cm³/mol. The van der Waals surface area contributed by atoms with Crippen LogP contribution in [0.15, 0.2) is 54.9 Å². The van der Waals surface area contributed by atoms with Crippen LogP contribution in [0.4, 0.5) is 17.5 Å². The zero-order valence-electron chi connectivity index (χ0n) is 18.8. The summed E-state index contributed by atoms with van der Waals surface area (Å²) in [5.41, 5.74) is 12.8. The van der Waals surface area contributed by atoms with Gasteiger partial charge in [-0.3, -0.25) is 0 Å². The molecule has 164 valence electrons. The number of H-pyrrole nitrogens is 1. The van der Waals surface area contributed by atoms with Gasteiger partial charge in [-0.1, -0.05) is 63.2 Å². The molecule has 4 aromatic rings. The van der Waals surface area contributed by atoms with E-state index in [-0.39, 0.29) is 11.4 Å². The van der Waals surface area contributed by atoms with Gasteiger partial charge in [0.15, 0.2) is 11.5 Å². The Kier molecular flexibility index (Phi) is 4.96. The number of nitrogens with one attached hydrogen (secondary N) is 1. The molecule has 32 heavy (non-hydrogen) atoms. The highest BCUT2D eigenvalue weighted by Gasteiger charge is 2.23. The molecular weight excluding hydrogens is 398 g/mol. The van der Waals surface area contributed by atoms with Gasteiger partial charge in [-0.15, -0.1) is 0 Å². The van der Waals surface area contributed by atoms with E-state index in [0.29, 0.717) is 5.65 Å². The summed E-state index contributed by atoms with van der Waals surface area (Å²) < 4.78 is 0. The normalized spacial score (nSPS) is 14.5. The number of hydrogen-bond donors (Lipinski definition) is 2. The minimum absolute atomic E-state index is 0.158. The number of aromatic amines is 1. The van der Waals surface area contributed by atoms with E-state index < -0.39 is 0 Å². The lowest BCUT2D eigenvalue weighted by Crippen LogP contribution is -2.32. The number of hydrogen-bond acceptors (Lipinski definition) is 6. The molecular formula is C25H29N7. The second-order valence-corrected chi connectivity index (χ2v) is 9.43. The van der Waals surface area contributed by atoms with Crippen LogP contribution in [-0.4, -0.2) is 33.0 Å². The van der Waals surface area contributed by atoms with E-state index in [1.165, 1.54) is 22.4 Å². The summed E-state index contributed by atoms with van der Waals surface area (Å²) in [6, 6.07) is 17.6. The summed E-state index contributed by atoms with van der Waals surface area (Å²) in [5, 5.41) is 0. The van der Waals surface area contributed by atoms with E-state index in [1.807, 2.05) is 0 Å². The molecule has 2 aromatic carbocycles. The Hall–Kier alpha value is -3.61. The van der Waals surface area contributed by atoms with Crippen LogP contribution in [0, 0.1) is 0 Å². The quantitative estimate of drug-likeness (QED) is 0.508. The summed E-state index contributed by atoms with van der Waals surface area (Å²) in [6.07, 6.45) is 1.64. The number of fused-ring (bicyclic) bond motifs is 2. The fourth-order valence-electron chi connectivity index (χ4n) is 4.34. The van der Waals surface area contributed by atoms with Crippen LogP contribution in [0.2, 0.25) is 0 Å². The number of rotatable bonds is 3. The number of para-hydroxylation sites is 1. The van der Waals surface area contributed by atoms with E-state index in [1.54, 1.807) is 6.33 Å². The smallest absolute Gasteiger partial charge is 0.224 e. The largest absolute Gasteiger partial charge is 0.368 e. The first kappa shape index (κ1) is 20.3. The number of nitrogen functional groups attached to an aromatic ring is 1. The Labute approximate surface area is 188 Å². The van der Waals surface area contributed by atoms with Crippen molar-refractivity contribution in [3.8, 4) is 0 Å². The van der Waals surface area contributed by atoms with Crippen LogP contribution in [-0.2, 0) is 18.5 Å². The third-order valence-electron chi connectivity index (χ3n) is 6.11. The lowest BCUT2D eigenvalue weighted by molar-refractivity contribution is 0.590. The monoisotopic (exact) mass is 427 g/mol. The first-order valence-electron chi connectivity index (χ1n) is 11.0. The average Bonchev–Trinajstić information content (AvgIpc) is 3.16. The first-order chi connectivity index (χ1) is 15.4. The molecule has 0 spiro atoms. The van der Waals surface area contributed by atoms with Crippen LogP contribution < -0.4 is 15.5 Å². The van der Waals surface area contributed by atoms with Gasteiger partial charge in [-0.2, -0.15) is 9.97 Å². The maximum Gasteiger partial charge on any atom is 0.224 e. The molecule has 0 unspecified atom stereocenters. The van der Waals surface area contributed by atoms with E-state index in [2.05, 4.69) is 99.0 Å². The summed E-state index contributed by atoms with van der Waals surface area (Å²) in [6.45, 7) is 10.0. The number of anilines is 3. The summed E-state index contributed by atoms with van der Waals surface area (Å²) in [5.74, 6) is 1.05. The molecule has 3 N–H and O–H groups in total. The van der Waals surface area contributed by atoms with Crippen LogP contribution in [0.1, 0.15) is 37.5 Å². The lowest BCUT2D eigenvalue weighted by atomic mass is 9.87. The van der Waals surface area contributed by atoms with Crippen LogP contribution in [0.25, 0.3) is 11.2 Å². The number of benzene rings is 2. The van der Waals surface area contributed by atoms with E-state index in [4.69, 9.17) is 5.73 Å². The molecule has 0 radical (unpaired) electrons. The van der Waals surface area contributed by atoms with E-state index >= 15 is 0 Å². The highest BCUT2D eigenvalue weighted by Crippen LogP contribution is 2.31. The topological polar surface area (TPSA) is 87.0 Å². The van der Waals surface area contributed by atoms with Gasteiger partial charge in [0.05, 0.1) is 6.33 Å². The van der Waals surface area contributed by atoms with Gasteiger partial charge in [-0.25, -0.2) is 4.98 Å². The number of aromatic nitrogens is 4. The molecule has 2 aromatic heterocycles. The van der Waals surface area contributed by atoms with Gasteiger partial charge in [0.2, 0.25) is 5.95 Å². The second kappa shape index (κ2) is 7.82. The molecule has 3 heterocycles. The number of nitrogens with two attached hydrogens (primary N) is 1. The standard InChI is InChI=1S/C25H29N7/c1-25(2,3)19-10-8-17(9-11-19)14-31-12-13-32(15-18-6-4-5-7-20(18)31)23-21-22(28-16-27-21)29-24(26)30-23/h4-11,16H,12-15H2,1-3H3,(H3,26,27,28,29,30). The Morgan fingerprint density at radius 1 is 1.00 bits per heavy atom. The fraction of sp³-hybridized carbons (Fsp3) is 0.320. The maximum absolute atomic E-state index is 5.98. The van der Waals surface area contributed by atoms with Crippen molar-refractivity contribution in [1.29, 1.82) is 0 Å². The Bertz CT molecular complexity index is 1240. The molecule has 5 rings (SSSR count). The van der Waals surface area contributed by atoms with Crippen molar-refractivity contribution in [3.05, 3.63) is 71.5 Å². The zero-order valence-corrected chi connectivity index (χ0v) is 18.8. The Balaban J connectivity index is 1.45. The van der Waals surface area contributed by atoms with Crippen LogP contribution in [0.3, 0.4) is 0 Å². The molecule has 0 bridgehead atoms. The minimum Gasteiger partial charge on any atom is -0.368 e. The fourth-order valence-corrected chi connectivity index (χ4v) is 4.34. The third kappa shape index (κ3) is 3.86. The molecule has 0 aliphatic carbocycles. The molecule has 1 aliphatic heterocycles. The number of nitrogens with zero attached hydrogens (tertiary/aromatic N) is 5. The molecule has 7 nitrogen and oxygen atoms in total. The highest BCUT2D eigenvalue weighted by molar-refractivity contribution is 5.84. The maximum atomic E-state index is 5.98. The Morgan fingerprint density at radius 2 is 1.78 bits per heavy atom. The highest BCUT2D eigenvalue weighted by atomic mass is 15.3. The van der Waals surface area contributed by atoms with E-state index in [9.17, 15) is 0 Å². The lowest BCUT2D eigenvalue weighted by Gasteiger charge is -2.26. The van der Waals surface area contributed by atoms with Crippen molar-refractivity contribution in [2.24, 2.45) is 0 Å². The van der Waals surface area contributed by atoms with Crippen molar-refractivity contribution < 1.29 is 0 Å². The Morgan fingerprint density at radius 3 is 2.56 bits per heavy atom. The van der Waals surface area contributed by atoms with Crippen molar-refractivity contribution in [3.63, 3.8) is 0 Å². The van der Waals surface area contributed by atoms with Crippen molar-refractivity contribution in [2.75, 3.05) is 28.6 Å². The SMILES string of the molecule is CC(C)(C)c1ccc(CN2CCN(c3nc(N)nc4nc[nH]c34)Cc3ccccc32)cc1. The molecule has 0 amide bonds. The van der Waals surface area contributed by atoms with Crippen molar-refractivity contribution in [2.45, 2.75) is 39.3 Å². The second-order valence-electron chi connectivity index (χ2n) is 9.43. The summed E-state index contributed by atoms with van der Waals surface area (Å²) in [7, 11) is 0. The molecule has 0 saturated carbocycles. The molecule has 0 fully saturated rings. The van der Waals surface area contributed by atoms with Crippen molar-refractivity contribution >= 4 is 28.6 Å². The molecule has 0 atom stereocenters. The van der Waals surface area contributed by atoms with Crippen LogP contribution >= 0.6 is 0 Å². The van der Waals surface area contributed by atoms with Gasteiger partial charge >= 0.3 is 0 Å².